The van der Waals surface area contributed by atoms with Crippen LogP contribution in [0.25, 0.3) is 11.4 Å². The molecule has 0 saturated carbocycles. The molecule has 2 heterocycles. The van der Waals surface area contributed by atoms with Crippen LogP contribution < -0.4 is 0 Å². The van der Waals surface area contributed by atoms with E-state index in [2.05, 4.69) is 25.9 Å². The Morgan fingerprint density at radius 2 is 2.05 bits per heavy atom. The second-order valence-corrected chi connectivity index (χ2v) is 6.15. The molecule has 0 unspecified atom stereocenters. The topological polar surface area (TPSA) is 30.7 Å². The van der Waals surface area contributed by atoms with Crippen LogP contribution in [0.3, 0.4) is 0 Å². The number of nitrogens with zero attached hydrogens (tertiary/aromatic N) is 3. The van der Waals surface area contributed by atoms with Crippen molar-refractivity contribution in [1.82, 2.24) is 14.5 Å². The lowest BCUT2D eigenvalue weighted by Crippen LogP contribution is -2.02. The van der Waals surface area contributed by atoms with Gasteiger partial charge in [0.2, 0.25) is 0 Å². The summed E-state index contributed by atoms with van der Waals surface area (Å²) in [6.45, 7) is 0.586. The molecule has 3 aromatic rings. The van der Waals surface area contributed by atoms with Gasteiger partial charge in [-0.05, 0) is 51.8 Å². The van der Waals surface area contributed by atoms with Gasteiger partial charge in [0, 0.05) is 34.2 Å². The van der Waals surface area contributed by atoms with Crippen LogP contribution >= 0.6 is 39.1 Å². The highest BCUT2D eigenvalue weighted by atomic mass is 79.9. The molecule has 0 atom stereocenters. The first-order chi connectivity index (χ1) is 10.1. The molecule has 6 heteroatoms. The van der Waals surface area contributed by atoms with Gasteiger partial charge in [0.25, 0.3) is 0 Å². The lowest BCUT2D eigenvalue weighted by Gasteiger charge is -2.09. The van der Waals surface area contributed by atoms with Crippen molar-refractivity contribution in [2.24, 2.45) is 0 Å². The van der Waals surface area contributed by atoms with Crippen molar-refractivity contribution in [3.05, 3.63) is 69.1 Å². The molecule has 0 N–H and O–H groups in total. The highest BCUT2D eigenvalue weighted by molar-refractivity contribution is 9.10. The fourth-order valence-corrected chi connectivity index (χ4v) is 2.87. The van der Waals surface area contributed by atoms with Crippen molar-refractivity contribution < 1.29 is 0 Å². The predicted molar refractivity (Wildman–Crippen MR) is 88.7 cm³/mol. The molecule has 106 valence electrons. The number of pyridine rings is 1. The van der Waals surface area contributed by atoms with E-state index >= 15 is 0 Å². The van der Waals surface area contributed by atoms with E-state index in [9.17, 15) is 0 Å². The fourth-order valence-electron chi connectivity index (χ4n) is 2.08. The third-order valence-electron chi connectivity index (χ3n) is 3.02. The Balaban J connectivity index is 2.02. The minimum atomic E-state index is 0.586. The molecular weight excluding hydrogens is 373 g/mol. The van der Waals surface area contributed by atoms with E-state index in [0.29, 0.717) is 16.6 Å². The highest BCUT2D eigenvalue weighted by Crippen LogP contribution is 2.26. The summed E-state index contributed by atoms with van der Waals surface area (Å²) in [5.74, 6) is 0.825. The molecule has 0 aliphatic carbocycles. The van der Waals surface area contributed by atoms with E-state index in [-0.39, 0.29) is 0 Å². The number of imidazole rings is 1. The van der Waals surface area contributed by atoms with E-state index in [0.717, 1.165) is 21.6 Å². The largest absolute Gasteiger partial charge is 0.325 e. The Kier molecular flexibility index (Phi) is 4.29. The van der Waals surface area contributed by atoms with Gasteiger partial charge in [-0.15, -0.1) is 0 Å². The summed E-state index contributed by atoms with van der Waals surface area (Å²) < 4.78 is 2.78. The van der Waals surface area contributed by atoms with Crippen molar-refractivity contribution in [3.63, 3.8) is 0 Å². The van der Waals surface area contributed by atoms with Gasteiger partial charge in [0.05, 0.1) is 6.54 Å². The van der Waals surface area contributed by atoms with Crippen LogP contribution in [0.4, 0.5) is 0 Å². The van der Waals surface area contributed by atoms with Crippen molar-refractivity contribution in [2.75, 3.05) is 0 Å². The molecule has 2 aromatic heterocycles. The summed E-state index contributed by atoms with van der Waals surface area (Å²) in [6.07, 6.45) is 5.43. The van der Waals surface area contributed by atoms with Crippen LogP contribution in [0.2, 0.25) is 10.0 Å². The summed E-state index contributed by atoms with van der Waals surface area (Å²) in [5, 5.41) is 1.35. The third-order valence-corrected chi connectivity index (χ3v) is 4.00. The second-order valence-electron chi connectivity index (χ2n) is 4.49. The molecular formula is C15H10BrCl2N3. The van der Waals surface area contributed by atoms with Gasteiger partial charge in [-0.3, -0.25) is 4.98 Å². The number of halogens is 3. The molecule has 21 heavy (non-hydrogen) atoms. The number of benzene rings is 1. The first-order valence-electron chi connectivity index (χ1n) is 6.20. The molecule has 0 saturated heterocycles. The van der Waals surface area contributed by atoms with Crippen LogP contribution in [0.5, 0.6) is 0 Å². The maximum absolute atomic E-state index is 6.23. The van der Waals surface area contributed by atoms with E-state index in [1.165, 1.54) is 0 Å². The van der Waals surface area contributed by atoms with Gasteiger partial charge < -0.3 is 4.57 Å². The Hall–Kier alpha value is -1.36. The molecule has 0 fully saturated rings. The summed E-state index contributed by atoms with van der Waals surface area (Å²) in [5.41, 5.74) is 1.89. The number of hydrogen-bond acceptors (Lipinski definition) is 2. The molecule has 1 aromatic carbocycles. The zero-order valence-corrected chi connectivity index (χ0v) is 13.9. The van der Waals surface area contributed by atoms with Crippen molar-refractivity contribution in [3.8, 4) is 11.4 Å². The van der Waals surface area contributed by atoms with Gasteiger partial charge in [-0.25, -0.2) is 4.98 Å². The summed E-state index contributed by atoms with van der Waals surface area (Å²) >= 11 is 15.7. The van der Waals surface area contributed by atoms with E-state index in [4.69, 9.17) is 23.2 Å². The zero-order chi connectivity index (χ0) is 14.8. The molecule has 3 rings (SSSR count). The molecule has 3 nitrogen and oxygen atoms in total. The fraction of sp³-hybridized carbons (Fsp3) is 0.0667. The average molecular weight is 383 g/mol. The van der Waals surface area contributed by atoms with Crippen LogP contribution in [0.15, 0.2) is 53.5 Å². The van der Waals surface area contributed by atoms with Crippen LogP contribution in [-0.2, 0) is 6.54 Å². The smallest absolute Gasteiger partial charge is 0.143 e. The molecule has 0 spiro atoms. The summed E-state index contributed by atoms with van der Waals surface area (Å²) in [6, 6.07) is 9.30. The quantitative estimate of drug-likeness (QED) is 0.633. The Morgan fingerprint density at radius 3 is 2.81 bits per heavy atom. The van der Waals surface area contributed by atoms with Crippen LogP contribution in [0.1, 0.15) is 5.56 Å². The Labute approximate surface area is 140 Å². The highest BCUT2D eigenvalue weighted by Gasteiger charge is 2.11. The second kappa shape index (κ2) is 6.18. The van der Waals surface area contributed by atoms with E-state index < -0.39 is 0 Å². The molecule has 0 amide bonds. The number of rotatable bonds is 3. The lowest BCUT2D eigenvalue weighted by atomic mass is 10.2. The van der Waals surface area contributed by atoms with Crippen LogP contribution in [0, 0.1) is 0 Å². The predicted octanol–water partition coefficient (Wildman–Crippen LogP) is 5.06. The summed E-state index contributed by atoms with van der Waals surface area (Å²) in [4.78, 5) is 8.63. The SMILES string of the molecule is Clc1ccc(Cl)c(Cn2cc(Br)nc2-c2cccnc2)c1. The minimum absolute atomic E-state index is 0.586. The normalized spacial score (nSPS) is 10.8. The van der Waals surface area contributed by atoms with Gasteiger partial charge >= 0.3 is 0 Å². The monoisotopic (exact) mass is 381 g/mol. The Bertz CT molecular complexity index is 772. The molecule has 0 bridgehead atoms. The molecule has 0 aliphatic heterocycles. The van der Waals surface area contributed by atoms with Gasteiger partial charge in [0.15, 0.2) is 0 Å². The van der Waals surface area contributed by atoms with Crippen molar-refractivity contribution >= 4 is 39.1 Å². The maximum Gasteiger partial charge on any atom is 0.143 e. The third kappa shape index (κ3) is 3.28. The zero-order valence-electron chi connectivity index (χ0n) is 10.8. The first kappa shape index (κ1) is 14.6. The molecule has 0 aliphatic rings. The summed E-state index contributed by atoms with van der Waals surface area (Å²) in [7, 11) is 0. The van der Waals surface area contributed by atoms with Crippen molar-refractivity contribution in [2.45, 2.75) is 6.54 Å². The van der Waals surface area contributed by atoms with Crippen LogP contribution in [-0.4, -0.2) is 14.5 Å². The number of aromatic nitrogens is 3. The maximum atomic E-state index is 6.23. The van der Waals surface area contributed by atoms with Gasteiger partial charge in [-0.2, -0.15) is 0 Å². The van der Waals surface area contributed by atoms with E-state index in [1.807, 2.05) is 29.0 Å². The van der Waals surface area contributed by atoms with Gasteiger partial charge in [0.1, 0.15) is 10.4 Å². The Morgan fingerprint density at radius 1 is 1.19 bits per heavy atom. The minimum Gasteiger partial charge on any atom is -0.325 e. The molecule has 0 radical (unpaired) electrons. The average Bonchev–Trinajstić information content (AvgIpc) is 2.85. The standard InChI is InChI=1S/C15H10BrCl2N3/c16-14-9-21(8-11-6-12(17)3-4-13(11)18)15(20-14)10-2-1-5-19-7-10/h1-7,9H,8H2. The lowest BCUT2D eigenvalue weighted by molar-refractivity contribution is 0.806. The van der Waals surface area contributed by atoms with Crippen molar-refractivity contribution in [1.29, 1.82) is 0 Å². The van der Waals surface area contributed by atoms with E-state index in [1.54, 1.807) is 24.5 Å². The van der Waals surface area contributed by atoms with Gasteiger partial charge in [-0.1, -0.05) is 23.2 Å². The first-order valence-corrected chi connectivity index (χ1v) is 7.75. The number of hydrogen-bond donors (Lipinski definition) is 0.